The van der Waals surface area contributed by atoms with E-state index < -0.39 is 0 Å². The van der Waals surface area contributed by atoms with Crippen LogP contribution in [0, 0.1) is 23.2 Å². The summed E-state index contributed by atoms with van der Waals surface area (Å²) in [6, 6.07) is 0. The lowest BCUT2D eigenvalue weighted by Crippen LogP contribution is -2.38. The lowest BCUT2D eigenvalue weighted by molar-refractivity contribution is -0.0105. The minimum Gasteiger partial charge on any atom is -0.374 e. The molecule has 2 rings (SSSR count). The van der Waals surface area contributed by atoms with Crippen LogP contribution in [0.2, 0.25) is 0 Å². The van der Waals surface area contributed by atoms with Crippen molar-refractivity contribution in [3.63, 3.8) is 0 Å². The van der Waals surface area contributed by atoms with E-state index in [-0.39, 0.29) is 0 Å². The third-order valence-electron chi connectivity index (χ3n) is 6.16. The number of hydrogen-bond acceptors (Lipinski definition) is 1. The number of hydrogen-bond donors (Lipinski definition) is 0. The summed E-state index contributed by atoms with van der Waals surface area (Å²) in [5.74, 6) is 2.79. The first-order valence-electron chi connectivity index (χ1n) is 8.76. The van der Waals surface area contributed by atoms with E-state index in [0.717, 1.165) is 24.4 Å². The van der Waals surface area contributed by atoms with Gasteiger partial charge in [-0.15, -0.1) is 6.58 Å². The van der Waals surface area contributed by atoms with Crippen molar-refractivity contribution in [2.45, 2.75) is 78.2 Å². The summed E-state index contributed by atoms with van der Waals surface area (Å²) in [6.45, 7) is 12.0. The van der Waals surface area contributed by atoms with Crippen LogP contribution in [0.3, 0.4) is 0 Å². The third kappa shape index (κ3) is 3.87. The molecule has 2 fully saturated rings. The molecule has 0 spiro atoms. The van der Waals surface area contributed by atoms with Crippen molar-refractivity contribution in [3.8, 4) is 0 Å². The Hall–Kier alpha value is -0.300. The van der Waals surface area contributed by atoms with Crippen LogP contribution in [0.4, 0.5) is 0 Å². The largest absolute Gasteiger partial charge is 0.374 e. The topological polar surface area (TPSA) is 9.23 Å². The van der Waals surface area contributed by atoms with Crippen molar-refractivity contribution < 1.29 is 4.74 Å². The molecule has 2 unspecified atom stereocenters. The molecule has 0 N–H and O–H groups in total. The van der Waals surface area contributed by atoms with Crippen LogP contribution < -0.4 is 0 Å². The fourth-order valence-corrected chi connectivity index (χ4v) is 4.62. The molecule has 0 heterocycles. The molecule has 0 bridgehead atoms. The molecule has 2 saturated carbocycles. The predicted octanol–water partition coefficient (Wildman–Crippen LogP) is 5.60. The molecule has 2 atom stereocenters. The van der Waals surface area contributed by atoms with Gasteiger partial charge in [-0.1, -0.05) is 39.7 Å². The summed E-state index contributed by atoms with van der Waals surface area (Å²) in [4.78, 5) is 0. The maximum absolute atomic E-state index is 5.84. The highest BCUT2D eigenvalue weighted by molar-refractivity contribution is 4.90. The van der Waals surface area contributed by atoms with Gasteiger partial charge in [0.2, 0.25) is 0 Å². The standard InChI is InChI=1S/C19H34O/c1-5-13-20-18-11-9-16(10-12-18)19(3,4)17-8-6-7-15(2)14-17/h5,15-18H,1,6-14H2,2-4H3. The SMILES string of the molecule is C=CCOC1CCC(C(C)(C)C2CCCC(C)C2)CC1. The molecule has 2 aliphatic carbocycles. The zero-order chi connectivity index (χ0) is 14.6. The second-order valence-electron chi connectivity index (χ2n) is 7.89. The van der Waals surface area contributed by atoms with E-state index in [0.29, 0.717) is 11.5 Å². The molecule has 0 radical (unpaired) electrons. The summed E-state index contributed by atoms with van der Waals surface area (Å²) in [6.07, 6.45) is 13.4. The molecule has 0 aliphatic heterocycles. The minimum atomic E-state index is 0.491. The van der Waals surface area contributed by atoms with Crippen LogP contribution >= 0.6 is 0 Å². The quantitative estimate of drug-likeness (QED) is 0.595. The fraction of sp³-hybridized carbons (Fsp3) is 0.895. The summed E-state index contributed by atoms with van der Waals surface area (Å²) >= 11 is 0. The number of ether oxygens (including phenoxy) is 1. The Morgan fingerprint density at radius 2 is 1.75 bits per heavy atom. The van der Waals surface area contributed by atoms with Crippen molar-refractivity contribution in [3.05, 3.63) is 12.7 Å². The summed E-state index contributed by atoms with van der Waals surface area (Å²) in [5.41, 5.74) is 0.526. The van der Waals surface area contributed by atoms with Crippen LogP contribution in [-0.4, -0.2) is 12.7 Å². The van der Waals surface area contributed by atoms with Crippen LogP contribution in [0.1, 0.15) is 72.1 Å². The van der Waals surface area contributed by atoms with Gasteiger partial charge in [-0.25, -0.2) is 0 Å². The molecule has 1 nitrogen and oxygen atoms in total. The Morgan fingerprint density at radius 3 is 2.35 bits per heavy atom. The van der Waals surface area contributed by atoms with Gasteiger partial charge in [0.25, 0.3) is 0 Å². The van der Waals surface area contributed by atoms with Crippen LogP contribution in [0.5, 0.6) is 0 Å². The van der Waals surface area contributed by atoms with Gasteiger partial charge < -0.3 is 4.74 Å². The summed E-state index contributed by atoms with van der Waals surface area (Å²) in [5, 5.41) is 0. The Morgan fingerprint density at radius 1 is 1.05 bits per heavy atom. The molecule has 1 heteroatoms. The molecule has 20 heavy (non-hydrogen) atoms. The Balaban J connectivity index is 1.86. The molecule has 0 aromatic rings. The molecule has 0 aromatic heterocycles. The normalized spacial score (nSPS) is 35.8. The van der Waals surface area contributed by atoms with Crippen LogP contribution in [-0.2, 0) is 4.74 Å². The zero-order valence-electron chi connectivity index (χ0n) is 13.9. The van der Waals surface area contributed by atoms with Crippen LogP contribution in [0.25, 0.3) is 0 Å². The monoisotopic (exact) mass is 278 g/mol. The van der Waals surface area contributed by atoms with E-state index in [1.807, 2.05) is 6.08 Å². The van der Waals surface area contributed by atoms with Crippen molar-refractivity contribution in [1.82, 2.24) is 0 Å². The average molecular weight is 278 g/mol. The summed E-state index contributed by atoms with van der Waals surface area (Å²) < 4.78 is 5.84. The van der Waals surface area contributed by atoms with Gasteiger partial charge in [-0.05, 0) is 61.7 Å². The van der Waals surface area contributed by atoms with Crippen molar-refractivity contribution in [2.75, 3.05) is 6.61 Å². The molecular weight excluding hydrogens is 244 g/mol. The van der Waals surface area contributed by atoms with E-state index in [1.165, 1.54) is 51.4 Å². The van der Waals surface area contributed by atoms with Crippen molar-refractivity contribution >= 4 is 0 Å². The first kappa shape index (κ1) is 16.1. The first-order chi connectivity index (χ1) is 9.54. The zero-order valence-corrected chi connectivity index (χ0v) is 13.9. The highest BCUT2D eigenvalue weighted by atomic mass is 16.5. The van der Waals surface area contributed by atoms with Gasteiger partial charge in [-0.2, -0.15) is 0 Å². The highest BCUT2D eigenvalue weighted by Crippen LogP contribution is 2.49. The van der Waals surface area contributed by atoms with Gasteiger partial charge in [0.05, 0.1) is 12.7 Å². The molecular formula is C19H34O. The van der Waals surface area contributed by atoms with Gasteiger partial charge in [0, 0.05) is 0 Å². The third-order valence-corrected chi connectivity index (χ3v) is 6.16. The molecule has 116 valence electrons. The fourth-order valence-electron chi connectivity index (χ4n) is 4.62. The average Bonchev–Trinajstić information content (AvgIpc) is 2.45. The molecule has 0 amide bonds. The van der Waals surface area contributed by atoms with E-state index in [4.69, 9.17) is 4.74 Å². The predicted molar refractivity (Wildman–Crippen MR) is 86.8 cm³/mol. The second-order valence-corrected chi connectivity index (χ2v) is 7.89. The highest BCUT2D eigenvalue weighted by Gasteiger charge is 2.40. The lowest BCUT2D eigenvalue weighted by Gasteiger charge is -2.46. The van der Waals surface area contributed by atoms with Gasteiger partial charge >= 0.3 is 0 Å². The molecule has 0 saturated heterocycles. The second kappa shape index (κ2) is 7.11. The Bertz CT molecular complexity index is 299. The van der Waals surface area contributed by atoms with Gasteiger partial charge in [0.1, 0.15) is 0 Å². The Kier molecular flexibility index (Phi) is 5.72. The molecule has 0 aromatic carbocycles. The maximum Gasteiger partial charge on any atom is 0.0648 e. The van der Waals surface area contributed by atoms with E-state index in [9.17, 15) is 0 Å². The van der Waals surface area contributed by atoms with Gasteiger partial charge in [-0.3, -0.25) is 0 Å². The van der Waals surface area contributed by atoms with E-state index >= 15 is 0 Å². The van der Waals surface area contributed by atoms with E-state index in [1.54, 1.807) is 0 Å². The smallest absolute Gasteiger partial charge is 0.0648 e. The van der Waals surface area contributed by atoms with E-state index in [2.05, 4.69) is 27.4 Å². The first-order valence-corrected chi connectivity index (χ1v) is 8.76. The maximum atomic E-state index is 5.84. The van der Waals surface area contributed by atoms with Crippen LogP contribution in [0.15, 0.2) is 12.7 Å². The van der Waals surface area contributed by atoms with Crippen molar-refractivity contribution in [2.24, 2.45) is 23.2 Å². The minimum absolute atomic E-state index is 0.491. The van der Waals surface area contributed by atoms with Gasteiger partial charge in [0.15, 0.2) is 0 Å². The van der Waals surface area contributed by atoms with Crippen molar-refractivity contribution in [1.29, 1.82) is 0 Å². The number of rotatable bonds is 5. The molecule has 2 aliphatic rings. The Labute approximate surface area is 126 Å². The lowest BCUT2D eigenvalue weighted by atomic mass is 9.59. The summed E-state index contributed by atoms with van der Waals surface area (Å²) in [7, 11) is 0.